The summed E-state index contributed by atoms with van der Waals surface area (Å²) in [6.45, 7) is 2.07. The Bertz CT molecular complexity index is 171. The Morgan fingerprint density at radius 1 is 1.36 bits per heavy atom. The molecule has 1 atom stereocenters. The van der Waals surface area contributed by atoms with Crippen molar-refractivity contribution in [3.8, 4) is 0 Å². The van der Waals surface area contributed by atoms with Gasteiger partial charge in [0.1, 0.15) is 0 Å². The van der Waals surface area contributed by atoms with Gasteiger partial charge in [0.15, 0.2) is 0 Å². The van der Waals surface area contributed by atoms with Gasteiger partial charge >= 0.3 is 5.97 Å². The van der Waals surface area contributed by atoms with Crippen LogP contribution in [0.5, 0.6) is 0 Å². The number of carboxylic acids is 1. The summed E-state index contributed by atoms with van der Waals surface area (Å²) in [5.74, 6) is 0.0249. The highest BCUT2D eigenvalue weighted by Gasteiger charge is 2.22. The molecule has 0 aromatic carbocycles. The first-order valence-corrected chi connectivity index (χ1v) is 5.96. The Hall–Kier alpha value is -0.530. The second-order valence-corrected chi connectivity index (χ2v) is 4.56. The molecule has 0 heterocycles. The molecule has 2 heteroatoms. The largest absolute Gasteiger partial charge is 0.481 e. The highest BCUT2D eigenvalue weighted by Crippen LogP contribution is 2.30. The minimum atomic E-state index is -0.586. The molecule has 1 aliphatic carbocycles. The number of hydrogen-bond acceptors (Lipinski definition) is 1. The van der Waals surface area contributed by atoms with E-state index in [-0.39, 0.29) is 5.92 Å². The molecule has 82 valence electrons. The maximum atomic E-state index is 11.0. The van der Waals surface area contributed by atoms with Gasteiger partial charge in [-0.15, -0.1) is 0 Å². The van der Waals surface area contributed by atoms with E-state index in [1.165, 1.54) is 32.1 Å². The predicted octanol–water partition coefficient (Wildman–Crippen LogP) is 3.46. The van der Waals surface area contributed by atoms with Crippen LogP contribution in [-0.4, -0.2) is 11.1 Å². The SMILES string of the molecule is CCC[C@H](CC1CCCCC1)C(=O)O. The van der Waals surface area contributed by atoms with Gasteiger partial charge in [0.25, 0.3) is 0 Å². The van der Waals surface area contributed by atoms with Crippen LogP contribution in [0.2, 0.25) is 0 Å². The third-order valence-electron chi connectivity index (χ3n) is 3.33. The van der Waals surface area contributed by atoms with Crippen LogP contribution in [0.3, 0.4) is 0 Å². The zero-order valence-corrected chi connectivity index (χ0v) is 9.17. The standard InChI is InChI=1S/C12H22O2/c1-2-6-11(12(13)14)9-10-7-4-3-5-8-10/h10-11H,2-9H2,1H3,(H,13,14)/t11-/m1/s1. The second kappa shape index (κ2) is 6.05. The Kier molecular flexibility index (Phi) is 4.99. The average Bonchev–Trinajstić information content (AvgIpc) is 2.18. The van der Waals surface area contributed by atoms with Gasteiger partial charge in [-0.1, -0.05) is 45.4 Å². The van der Waals surface area contributed by atoms with Crippen molar-refractivity contribution >= 4 is 5.97 Å². The van der Waals surface area contributed by atoms with E-state index in [1.807, 2.05) is 0 Å². The molecule has 0 aromatic heterocycles. The first-order valence-electron chi connectivity index (χ1n) is 5.96. The molecule has 1 fully saturated rings. The summed E-state index contributed by atoms with van der Waals surface area (Å²) in [6, 6.07) is 0. The Morgan fingerprint density at radius 3 is 2.50 bits per heavy atom. The lowest BCUT2D eigenvalue weighted by Crippen LogP contribution is -2.19. The smallest absolute Gasteiger partial charge is 0.306 e. The molecule has 0 aromatic rings. The van der Waals surface area contributed by atoms with E-state index < -0.39 is 5.97 Å². The molecule has 2 nitrogen and oxygen atoms in total. The molecular weight excluding hydrogens is 176 g/mol. The molecule has 0 aliphatic heterocycles. The van der Waals surface area contributed by atoms with Crippen LogP contribution in [-0.2, 0) is 4.79 Å². The first-order chi connectivity index (χ1) is 6.74. The fraction of sp³-hybridized carbons (Fsp3) is 0.917. The van der Waals surface area contributed by atoms with E-state index in [9.17, 15) is 4.79 Å². The summed E-state index contributed by atoms with van der Waals surface area (Å²) >= 11 is 0. The molecule has 0 unspecified atom stereocenters. The van der Waals surface area contributed by atoms with Crippen LogP contribution < -0.4 is 0 Å². The fourth-order valence-corrected chi connectivity index (χ4v) is 2.52. The van der Waals surface area contributed by atoms with Gasteiger partial charge < -0.3 is 5.11 Å². The molecule has 0 radical (unpaired) electrons. The summed E-state index contributed by atoms with van der Waals surface area (Å²) < 4.78 is 0. The molecular formula is C12H22O2. The van der Waals surface area contributed by atoms with Crippen molar-refractivity contribution in [3.05, 3.63) is 0 Å². The van der Waals surface area contributed by atoms with Gasteiger partial charge in [-0.2, -0.15) is 0 Å². The van der Waals surface area contributed by atoms with Crippen molar-refractivity contribution in [1.82, 2.24) is 0 Å². The normalized spacial score (nSPS) is 20.6. The molecule has 1 saturated carbocycles. The van der Waals surface area contributed by atoms with E-state index in [4.69, 9.17) is 5.11 Å². The number of aliphatic carboxylic acids is 1. The van der Waals surface area contributed by atoms with Gasteiger partial charge in [-0.05, 0) is 18.8 Å². The molecule has 1 rings (SSSR count). The monoisotopic (exact) mass is 198 g/mol. The molecule has 0 amide bonds. The van der Waals surface area contributed by atoms with Crippen molar-refractivity contribution in [3.63, 3.8) is 0 Å². The second-order valence-electron chi connectivity index (χ2n) is 4.56. The lowest BCUT2D eigenvalue weighted by molar-refractivity contribution is -0.142. The Labute approximate surface area is 86.7 Å². The maximum Gasteiger partial charge on any atom is 0.306 e. The van der Waals surface area contributed by atoms with E-state index in [1.54, 1.807) is 0 Å². The van der Waals surface area contributed by atoms with Gasteiger partial charge in [0.05, 0.1) is 5.92 Å². The topological polar surface area (TPSA) is 37.3 Å². The summed E-state index contributed by atoms with van der Waals surface area (Å²) in [7, 11) is 0. The van der Waals surface area contributed by atoms with Gasteiger partial charge in [-0.3, -0.25) is 4.79 Å². The third-order valence-corrected chi connectivity index (χ3v) is 3.33. The van der Waals surface area contributed by atoms with Crippen LogP contribution in [0.25, 0.3) is 0 Å². The van der Waals surface area contributed by atoms with Crippen LogP contribution >= 0.6 is 0 Å². The minimum Gasteiger partial charge on any atom is -0.481 e. The number of hydrogen-bond donors (Lipinski definition) is 1. The summed E-state index contributed by atoms with van der Waals surface area (Å²) in [5, 5.41) is 9.04. The van der Waals surface area contributed by atoms with Gasteiger partial charge in [-0.25, -0.2) is 0 Å². The van der Waals surface area contributed by atoms with Crippen LogP contribution in [0.15, 0.2) is 0 Å². The van der Waals surface area contributed by atoms with Crippen molar-refractivity contribution < 1.29 is 9.90 Å². The molecule has 0 bridgehead atoms. The summed E-state index contributed by atoms with van der Waals surface area (Å²) in [5.41, 5.74) is 0. The van der Waals surface area contributed by atoms with E-state index in [0.29, 0.717) is 5.92 Å². The average molecular weight is 198 g/mol. The van der Waals surface area contributed by atoms with Crippen LogP contribution in [0.1, 0.15) is 58.3 Å². The van der Waals surface area contributed by atoms with Crippen molar-refractivity contribution in [2.75, 3.05) is 0 Å². The minimum absolute atomic E-state index is 0.0805. The number of rotatable bonds is 5. The number of carbonyl (C=O) groups is 1. The lowest BCUT2D eigenvalue weighted by Gasteiger charge is -2.24. The van der Waals surface area contributed by atoms with E-state index >= 15 is 0 Å². The molecule has 0 spiro atoms. The third kappa shape index (κ3) is 3.69. The molecule has 14 heavy (non-hydrogen) atoms. The van der Waals surface area contributed by atoms with Crippen LogP contribution in [0, 0.1) is 11.8 Å². The zero-order valence-electron chi connectivity index (χ0n) is 9.17. The lowest BCUT2D eigenvalue weighted by atomic mass is 9.81. The highest BCUT2D eigenvalue weighted by molar-refractivity contribution is 5.69. The zero-order chi connectivity index (χ0) is 10.4. The summed E-state index contributed by atoms with van der Waals surface area (Å²) in [4.78, 5) is 11.0. The molecule has 0 saturated heterocycles. The maximum absolute atomic E-state index is 11.0. The first kappa shape index (κ1) is 11.5. The fourth-order valence-electron chi connectivity index (χ4n) is 2.52. The van der Waals surface area contributed by atoms with Crippen LogP contribution in [0.4, 0.5) is 0 Å². The molecule has 1 N–H and O–H groups in total. The van der Waals surface area contributed by atoms with E-state index in [0.717, 1.165) is 19.3 Å². The van der Waals surface area contributed by atoms with Crippen molar-refractivity contribution in [2.24, 2.45) is 11.8 Å². The summed E-state index contributed by atoms with van der Waals surface area (Å²) in [6.07, 6.45) is 9.24. The number of carboxylic acid groups (broad SMARTS) is 1. The Morgan fingerprint density at radius 2 is 2.00 bits per heavy atom. The van der Waals surface area contributed by atoms with Crippen molar-refractivity contribution in [1.29, 1.82) is 0 Å². The highest BCUT2D eigenvalue weighted by atomic mass is 16.4. The van der Waals surface area contributed by atoms with Gasteiger partial charge in [0.2, 0.25) is 0 Å². The predicted molar refractivity (Wildman–Crippen MR) is 57.2 cm³/mol. The van der Waals surface area contributed by atoms with Gasteiger partial charge in [0, 0.05) is 0 Å². The quantitative estimate of drug-likeness (QED) is 0.734. The Balaban J connectivity index is 2.33. The molecule has 1 aliphatic rings. The van der Waals surface area contributed by atoms with Crippen molar-refractivity contribution in [2.45, 2.75) is 58.3 Å². The van der Waals surface area contributed by atoms with E-state index in [2.05, 4.69) is 6.92 Å².